The Bertz CT molecular complexity index is 800. The van der Waals surface area contributed by atoms with Gasteiger partial charge >= 0.3 is 0 Å². The van der Waals surface area contributed by atoms with E-state index >= 15 is 0 Å². The largest absolute Gasteiger partial charge is 0.473 e. The number of fused-ring (bicyclic) bond motifs is 1. The third-order valence-corrected chi connectivity index (χ3v) is 4.16. The Morgan fingerprint density at radius 1 is 1.22 bits per heavy atom. The molecule has 1 aliphatic heterocycles. The monoisotopic (exact) mass is 312 g/mol. The maximum absolute atomic E-state index is 6.24. The molecule has 3 aromatic heterocycles. The van der Waals surface area contributed by atoms with Crippen LogP contribution in [0.25, 0.3) is 16.8 Å². The molecule has 0 spiro atoms. The first-order chi connectivity index (χ1) is 11.3. The van der Waals surface area contributed by atoms with Gasteiger partial charge in [-0.25, -0.2) is 9.50 Å². The fraction of sp³-hybridized carbons (Fsp3) is 0.438. The zero-order chi connectivity index (χ0) is 15.6. The minimum atomic E-state index is 0.195. The molecule has 23 heavy (non-hydrogen) atoms. The highest BCUT2D eigenvalue weighted by atomic mass is 16.5. The number of aromatic nitrogens is 5. The van der Waals surface area contributed by atoms with Crippen molar-refractivity contribution in [2.75, 3.05) is 13.1 Å². The van der Waals surface area contributed by atoms with Crippen molar-refractivity contribution in [1.29, 1.82) is 0 Å². The van der Waals surface area contributed by atoms with Crippen molar-refractivity contribution in [2.45, 2.75) is 25.4 Å². The summed E-state index contributed by atoms with van der Waals surface area (Å²) in [5.74, 6) is 0.649. The van der Waals surface area contributed by atoms with Crippen molar-refractivity contribution < 1.29 is 4.74 Å². The lowest BCUT2D eigenvalue weighted by Gasteiger charge is -2.17. The Morgan fingerprint density at radius 3 is 3.04 bits per heavy atom. The van der Waals surface area contributed by atoms with E-state index in [4.69, 9.17) is 9.72 Å². The van der Waals surface area contributed by atoms with Crippen LogP contribution in [-0.2, 0) is 7.05 Å². The predicted octanol–water partition coefficient (Wildman–Crippen LogP) is 1.65. The van der Waals surface area contributed by atoms with Crippen LogP contribution in [0, 0.1) is 0 Å². The van der Waals surface area contributed by atoms with Crippen LogP contribution >= 0.6 is 0 Å². The molecule has 4 rings (SSSR count). The summed E-state index contributed by atoms with van der Waals surface area (Å²) in [6.07, 6.45) is 10.8. The molecule has 3 aromatic rings. The lowest BCUT2D eigenvalue weighted by molar-refractivity contribution is 0.182. The van der Waals surface area contributed by atoms with Gasteiger partial charge in [-0.05, 0) is 38.4 Å². The molecule has 1 saturated heterocycles. The second-order valence-corrected chi connectivity index (χ2v) is 5.92. The molecule has 0 aliphatic carbocycles. The van der Waals surface area contributed by atoms with Gasteiger partial charge in [0.1, 0.15) is 11.6 Å². The van der Waals surface area contributed by atoms with Gasteiger partial charge in [0.25, 0.3) is 0 Å². The summed E-state index contributed by atoms with van der Waals surface area (Å²) in [5.41, 5.74) is 2.67. The quantitative estimate of drug-likeness (QED) is 0.796. The number of rotatable bonds is 3. The minimum Gasteiger partial charge on any atom is -0.473 e. The highest BCUT2D eigenvalue weighted by Crippen LogP contribution is 2.25. The molecule has 0 saturated carbocycles. The predicted molar refractivity (Wildman–Crippen MR) is 86.3 cm³/mol. The molecular formula is C16H20N6O. The number of ether oxygens (including phenoxy) is 1. The van der Waals surface area contributed by atoms with Crippen LogP contribution < -0.4 is 10.1 Å². The zero-order valence-electron chi connectivity index (χ0n) is 13.1. The summed E-state index contributed by atoms with van der Waals surface area (Å²) in [6, 6.07) is 1.93. The molecule has 1 unspecified atom stereocenters. The summed E-state index contributed by atoms with van der Waals surface area (Å²) in [4.78, 5) is 4.72. The van der Waals surface area contributed by atoms with Crippen LogP contribution in [0.5, 0.6) is 5.88 Å². The highest BCUT2D eigenvalue weighted by Gasteiger charge is 2.17. The van der Waals surface area contributed by atoms with Crippen LogP contribution in [0.2, 0.25) is 0 Å². The lowest BCUT2D eigenvalue weighted by Crippen LogP contribution is -2.20. The number of hydrogen-bond donors (Lipinski definition) is 1. The fourth-order valence-corrected chi connectivity index (χ4v) is 2.94. The van der Waals surface area contributed by atoms with E-state index < -0.39 is 0 Å². The summed E-state index contributed by atoms with van der Waals surface area (Å²) < 4.78 is 9.82. The first-order valence-electron chi connectivity index (χ1n) is 8.00. The van der Waals surface area contributed by atoms with Gasteiger partial charge in [-0.1, -0.05) is 0 Å². The second kappa shape index (κ2) is 6.00. The maximum atomic E-state index is 6.24. The molecule has 1 fully saturated rings. The molecule has 7 nitrogen and oxygen atoms in total. The van der Waals surface area contributed by atoms with E-state index in [0.29, 0.717) is 5.88 Å². The number of nitrogens with one attached hydrogen (secondary N) is 1. The average molecular weight is 312 g/mol. The van der Waals surface area contributed by atoms with Gasteiger partial charge in [0.15, 0.2) is 0 Å². The Morgan fingerprint density at radius 2 is 2.17 bits per heavy atom. The SMILES string of the molecule is Cn1cc(-c2cn3nccc3c(OC3CCCNCC3)n2)cn1. The molecular weight excluding hydrogens is 292 g/mol. The first-order valence-corrected chi connectivity index (χ1v) is 8.00. The Kier molecular flexibility index (Phi) is 3.70. The van der Waals surface area contributed by atoms with Crippen molar-refractivity contribution in [2.24, 2.45) is 7.05 Å². The molecule has 7 heteroatoms. The summed E-state index contributed by atoms with van der Waals surface area (Å²) >= 11 is 0. The van der Waals surface area contributed by atoms with E-state index in [1.54, 1.807) is 17.1 Å². The summed E-state index contributed by atoms with van der Waals surface area (Å²) in [7, 11) is 1.89. The first kappa shape index (κ1) is 14.2. The number of nitrogens with zero attached hydrogens (tertiary/aromatic N) is 5. The molecule has 1 aliphatic rings. The molecule has 0 aromatic carbocycles. The van der Waals surface area contributed by atoms with Gasteiger partial charge in [-0.2, -0.15) is 10.2 Å². The molecule has 0 radical (unpaired) electrons. The van der Waals surface area contributed by atoms with Crippen LogP contribution in [-0.4, -0.2) is 43.6 Å². The average Bonchev–Trinajstić information content (AvgIpc) is 3.11. The Balaban J connectivity index is 1.70. The highest BCUT2D eigenvalue weighted by molar-refractivity contribution is 5.63. The van der Waals surface area contributed by atoms with Gasteiger partial charge in [-0.3, -0.25) is 4.68 Å². The van der Waals surface area contributed by atoms with Crippen LogP contribution in [0.3, 0.4) is 0 Å². The molecule has 120 valence electrons. The molecule has 1 N–H and O–H groups in total. The van der Waals surface area contributed by atoms with E-state index in [2.05, 4.69) is 15.5 Å². The van der Waals surface area contributed by atoms with Gasteiger partial charge in [0, 0.05) is 18.8 Å². The smallest absolute Gasteiger partial charge is 0.240 e. The molecule has 0 bridgehead atoms. The van der Waals surface area contributed by atoms with Crippen molar-refractivity contribution >= 4 is 5.52 Å². The topological polar surface area (TPSA) is 69.3 Å². The lowest BCUT2D eigenvalue weighted by atomic mass is 10.1. The van der Waals surface area contributed by atoms with Gasteiger partial charge < -0.3 is 10.1 Å². The Labute approximate surface area is 134 Å². The molecule has 1 atom stereocenters. The summed E-state index contributed by atoms with van der Waals surface area (Å²) in [5, 5.41) is 12.0. The van der Waals surface area contributed by atoms with E-state index in [1.807, 2.05) is 30.0 Å². The summed E-state index contributed by atoms with van der Waals surface area (Å²) in [6.45, 7) is 2.05. The van der Waals surface area contributed by atoms with E-state index in [1.165, 1.54) is 0 Å². The van der Waals surface area contributed by atoms with Gasteiger partial charge in [0.05, 0.1) is 24.3 Å². The number of aryl methyl sites for hydroxylation is 1. The second-order valence-electron chi connectivity index (χ2n) is 5.92. The Hall–Kier alpha value is -2.41. The fourth-order valence-electron chi connectivity index (χ4n) is 2.94. The van der Waals surface area contributed by atoms with Crippen molar-refractivity contribution in [3.8, 4) is 17.1 Å². The van der Waals surface area contributed by atoms with Crippen LogP contribution in [0.1, 0.15) is 19.3 Å². The maximum Gasteiger partial charge on any atom is 0.240 e. The van der Waals surface area contributed by atoms with Crippen molar-refractivity contribution in [1.82, 2.24) is 29.7 Å². The molecule has 4 heterocycles. The van der Waals surface area contributed by atoms with E-state index in [9.17, 15) is 0 Å². The van der Waals surface area contributed by atoms with Crippen molar-refractivity contribution in [3.63, 3.8) is 0 Å². The number of hydrogen-bond acceptors (Lipinski definition) is 5. The minimum absolute atomic E-state index is 0.195. The van der Waals surface area contributed by atoms with Crippen LogP contribution in [0.15, 0.2) is 30.9 Å². The standard InChI is InChI=1S/C16H20N6O/c1-21-10-12(9-19-21)14-11-22-15(5-8-18-22)16(20-14)23-13-3-2-6-17-7-4-13/h5,8-11,13,17H,2-4,6-7H2,1H3. The van der Waals surface area contributed by atoms with Gasteiger partial charge in [-0.15, -0.1) is 0 Å². The van der Waals surface area contributed by atoms with E-state index in [0.717, 1.165) is 49.1 Å². The van der Waals surface area contributed by atoms with Crippen LogP contribution in [0.4, 0.5) is 0 Å². The normalized spacial score (nSPS) is 18.9. The van der Waals surface area contributed by atoms with Gasteiger partial charge in [0.2, 0.25) is 5.88 Å². The van der Waals surface area contributed by atoms with Crippen molar-refractivity contribution in [3.05, 3.63) is 30.9 Å². The zero-order valence-corrected chi connectivity index (χ0v) is 13.1. The molecule has 0 amide bonds. The van der Waals surface area contributed by atoms with E-state index in [-0.39, 0.29) is 6.10 Å². The third-order valence-electron chi connectivity index (χ3n) is 4.16. The third kappa shape index (κ3) is 2.92.